The highest BCUT2D eigenvalue weighted by atomic mass is 16.5. The fraction of sp³-hybridized carbons (Fsp3) is 0.120. The molecule has 7 heteroatoms. The maximum Gasteiger partial charge on any atom is 0.377 e. The highest BCUT2D eigenvalue weighted by Gasteiger charge is 2.13. The van der Waals surface area contributed by atoms with Crippen LogP contribution >= 0.6 is 0 Å². The van der Waals surface area contributed by atoms with E-state index in [1.54, 1.807) is 18.2 Å². The third kappa shape index (κ3) is 3.54. The molecule has 0 saturated heterocycles. The Morgan fingerprint density at radius 3 is 2.72 bits per heavy atom. The Kier molecular flexibility index (Phi) is 4.78. The number of rotatable bonds is 4. The molecule has 5 rings (SSSR count). The first-order chi connectivity index (χ1) is 15.5. The van der Waals surface area contributed by atoms with Crippen LogP contribution in [-0.2, 0) is 0 Å². The maximum absolute atomic E-state index is 9.96. The lowest BCUT2D eigenvalue weighted by Crippen LogP contribution is -2.13. The van der Waals surface area contributed by atoms with Crippen LogP contribution in [0.1, 0.15) is 11.1 Å². The zero-order valence-corrected chi connectivity index (χ0v) is 18.0. The first-order valence-corrected chi connectivity index (χ1v) is 10.2. The third-order valence-corrected chi connectivity index (χ3v) is 5.39. The number of benzene rings is 3. The average molecular weight is 427 g/mol. The number of phenols is 1. The molecule has 0 radical (unpaired) electrons. The maximum atomic E-state index is 9.96. The lowest BCUT2D eigenvalue weighted by Gasteiger charge is -2.09. The number of hydrogen-bond acceptors (Lipinski definition) is 5. The topological polar surface area (TPSA) is 96.9 Å². The van der Waals surface area contributed by atoms with Gasteiger partial charge in [0.05, 0.1) is 7.11 Å². The summed E-state index contributed by atoms with van der Waals surface area (Å²) >= 11 is 0. The highest BCUT2D eigenvalue weighted by molar-refractivity contribution is 5.82. The predicted octanol–water partition coefficient (Wildman–Crippen LogP) is 4.65. The minimum atomic E-state index is 0.0738. The molecule has 0 unspecified atom stereocenters. The molecule has 7 nitrogen and oxygen atoms in total. The van der Waals surface area contributed by atoms with E-state index in [0.29, 0.717) is 17.5 Å². The van der Waals surface area contributed by atoms with Gasteiger partial charge in [0.1, 0.15) is 27.7 Å². The van der Waals surface area contributed by atoms with Gasteiger partial charge in [-0.1, -0.05) is 18.2 Å². The Balaban J connectivity index is 1.68. The molecule has 4 N–H and O–H groups in total. The molecule has 2 aromatic heterocycles. The van der Waals surface area contributed by atoms with Crippen LogP contribution < -0.4 is 20.5 Å². The Bertz CT molecular complexity index is 1500. The summed E-state index contributed by atoms with van der Waals surface area (Å²) in [6.07, 6.45) is 0. The minimum absolute atomic E-state index is 0.0738. The molecular weight excluding hydrogens is 404 g/mol. The molecule has 0 spiro atoms. The van der Waals surface area contributed by atoms with Crippen LogP contribution in [0.5, 0.6) is 11.5 Å². The zero-order chi connectivity index (χ0) is 22.2. The first-order valence-electron chi connectivity index (χ1n) is 10.2. The fourth-order valence-electron chi connectivity index (χ4n) is 3.92. The van der Waals surface area contributed by atoms with Gasteiger partial charge < -0.3 is 14.3 Å². The average Bonchev–Trinajstić information content (AvgIpc) is 3.20. The smallest absolute Gasteiger partial charge is 0.377 e. The van der Waals surface area contributed by atoms with E-state index in [2.05, 4.69) is 26.6 Å². The van der Waals surface area contributed by atoms with E-state index in [9.17, 15) is 5.11 Å². The van der Waals surface area contributed by atoms with Crippen molar-refractivity contribution in [3.63, 3.8) is 0 Å². The number of hydrogen-bond donors (Lipinski definition) is 3. The van der Waals surface area contributed by atoms with Crippen molar-refractivity contribution in [3.05, 3.63) is 77.1 Å². The molecule has 0 aliphatic carbocycles. The summed E-state index contributed by atoms with van der Waals surface area (Å²) in [5.74, 6) is 1.74. The number of phenolic OH excluding ortho intramolecular Hbond substituents is 1. The number of H-pyrrole nitrogens is 2. The summed E-state index contributed by atoms with van der Waals surface area (Å²) in [7, 11) is 1.52. The molecule has 0 atom stereocenters. The van der Waals surface area contributed by atoms with E-state index in [4.69, 9.17) is 9.15 Å². The van der Waals surface area contributed by atoms with Gasteiger partial charge in [0.2, 0.25) is 0 Å². The fourth-order valence-corrected chi connectivity index (χ4v) is 3.92. The number of aromatic amines is 2. The van der Waals surface area contributed by atoms with E-state index in [-0.39, 0.29) is 5.75 Å². The molecule has 5 aromatic rings. The number of aromatic nitrogens is 2. The Labute approximate surface area is 184 Å². The van der Waals surface area contributed by atoms with Crippen LogP contribution in [0.4, 0.5) is 5.95 Å². The van der Waals surface area contributed by atoms with Crippen LogP contribution in [0.2, 0.25) is 0 Å². The summed E-state index contributed by atoms with van der Waals surface area (Å²) in [5, 5.41) is 16.3. The SMILES string of the molecule is COc1cc(-c2cc(=NNc3[nH]c4ccccc4[nH+]3)c3c(C)cc(C)cc3o2)ccc1O. The number of aryl methyl sites for hydroxylation is 2. The number of imidazole rings is 1. The van der Waals surface area contributed by atoms with E-state index in [0.717, 1.165) is 44.1 Å². The molecule has 0 bridgehead atoms. The van der Waals surface area contributed by atoms with Crippen molar-refractivity contribution >= 4 is 28.0 Å². The van der Waals surface area contributed by atoms with Crippen LogP contribution in [0, 0.1) is 13.8 Å². The number of nitrogens with one attached hydrogen (secondary N) is 3. The molecule has 2 heterocycles. The van der Waals surface area contributed by atoms with Crippen LogP contribution in [0.15, 0.2) is 70.2 Å². The quantitative estimate of drug-likeness (QED) is 0.364. The third-order valence-electron chi connectivity index (χ3n) is 5.39. The summed E-state index contributed by atoms with van der Waals surface area (Å²) in [4.78, 5) is 6.55. The van der Waals surface area contributed by atoms with Crippen molar-refractivity contribution < 1.29 is 19.2 Å². The Morgan fingerprint density at radius 2 is 1.91 bits per heavy atom. The van der Waals surface area contributed by atoms with Gasteiger partial charge >= 0.3 is 5.95 Å². The van der Waals surface area contributed by atoms with E-state index < -0.39 is 0 Å². The van der Waals surface area contributed by atoms with Gasteiger partial charge in [-0.3, -0.25) is 0 Å². The largest absolute Gasteiger partial charge is 0.504 e. The second-order valence-corrected chi connectivity index (χ2v) is 7.73. The molecule has 3 aromatic carbocycles. The Hall–Kier alpha value is -4.26. The second kappa shape index (κ2) is 7.77. The van der Waals surface area contributed by atoms with Crippen molar-refractivity contribution in [1.29, 1.82) is 0 Å². The second-order valence-electron chi connectivity index (χ2n) is 7.73. The van der Waals surface area contributed by atoms with Crippen LogP contribution in [0.25, 0.3) is 33.3 Å². The van der Waals surface area contributed by atoms with Crippen molar-refractivity contribution in [2.45, 2.75) is 13.8 Å². The highest BCUT2D eigenvalue weighted by Crippen LogP contribution is 2.32. The van der Waals surface area contributed by atoms with Crippen LogP contribution in [0.3, 0.4) is 0 Å². The van der Waals surface area contributed by atoms with Gasteiger partial charge in [-0.05, 0) is 61.4 Å². The molecular formula is C25H23N4O3+. The van der Waals surface area contributed by atoms with Crippen molar-refractivity contribution in [1.82, 2.24) is 4.98 Å². The molecule has 0 amide bonds. The summed E-state index contributed by atoms with van der Waals surface area (Å²) in [5.41, 5.74) is 8.75. The van der Waals surface area contributed by atoms with E-state index in [1.165, 1.54) is 7.11 Å². The molecule has 0 fully saturated rings. The minimum Gasteiger partial charge on any atom is -0.504 e. The monoisotopic (exact) mass is 427 g/mol. The van der Waals surface area contributed by atoms with Crippen molar-refractivity contribution in [2.75, 3.05) is 12.5 Å². The number of para-hydroxylation sites is 2. The number of aromatic hydroxyl groups is 1. The molecule has 0 aliphatic rings. The van der Waals surface area contributed by atoms with Gasteiger partial charge in [0.25, 0.3) is 0 Å². The normalized spacial score (nSPS) is 11.9. The predicted molar refractivity (Wildman–Crippen MR) is 123 cm³/mol. The lowest BCUT2D eigenvalue weighted by molar-refractivity contribution is -0.326. The van der Waals surface area contributed by atoms with Crippen molar-refractivity contribution in [2.24, 2.45) is 5.10 Å². The van der Waals surface area contributed by atoms with Gasteiger partial charge in [-0.15, -0.1) is 5.10 Å². The number of anilines is 1. The summed E-state index contributed by atoms with van der Waals surface area (Å²) < 4.78 is 11.5. The standard InChI is InChI=1S/C25H22N4O3/c1-14-10-15(2)24-19(28-29-25-26-17-6-4-5-7-18(17)27-25)13-21(32-23(24)11-14)16-8-9-20(30)22(12-16)31-3/h4-13,30H,1-3H3,(H2,26,27,29)/p+1. The molecule has 32 heavy (non-hydrogen) atoms. The van der Waals surface area contributed by atoms with Gasteiger partial charge in [-0.2, -0.15) is 5.43 Å². The molecule has 0 aliphatic heterocycles. The number of fused-ring (bicyclic) bond motifs is 2. The van der Waals surface area contributed by atoms with E-state index >= 15 is 0 Å². The van der Waals surface area contributed by atoms with Gasteiger partial charge in [0, 0.05) is 17.0 Å². The van der Waals surface area contributed by atoms with Gasteiger partial charge in [-0.25, -0.2) is 9.97 Å². The number of methoxy groups -OCH3 is 1. The lowest BCUT2D eigenvalue weighted by atomic mass is 10.0. The number of ether oxygens (including phenoxy) is 1. The van der Waals surface area contributed by atoms with Crippen molar-refractivity contribution in [3.8, 4) is 22.8 Å². The Morgan fingerprint density at radius 1 is 1.06 bits per heavy atom. The number of nitrogens with zero attached hydrogens (tertiary/aromatic N) is 1. The van der Waals surface area contributed by atoms with Gasteiger partial charge in [0.15, 0.2) is 11.5 Å². The first kappa shape index (κ1) is 19.7. The summed E-state index contributed by atoms with van der Waals surface area (Å²) in [6, 6.07) is 19.0. The van der Waals surface area contributed by atoms with Crippen LogP contribution in [-0.4, -0.2) is 17.2 Å². The molecule has 160 valence electrons. The van der Waals surface area contributed by atoms with E-state index in [1.807, 2.05) is 50.2 Å². The zero-order valence-electron chi connectivity index (χ0n) is 18.0. The summed E-state index contributed by atoms with van der Waals surface area (Å²) in [6.45, 7) is 4.08. The molecule has 0 saturated carbocycles.